The minimum atomic E-state index is -0.267. The number of hydrogen-bond donors (Lipinski definition) is 1. The Balaban J connectivity index is 0.000000137. The predicted octanol–water partition coefficient (Wildman–Crippen LogP) is 7.41. The number of H-pyrrole nitrogens is 1. The van der Waals surface area contributed by atoms with Crippen molar-refractivity contribution in [1.82, 2.24) is 20.0 Å². The molecule has 0 amide bonds. The number of aromatic nitrogens is 4. The van der Waals surface area contributed by atoms with Gasteiger partial charge in [0, 0.05) is 6.61 Å². The first-order chi connectivity index (χ1) is 16.6. The van der Waals surface area contributed by atoms with E-state index >= 15 is 0 Å². The largest absolute Gasteiger partial charge is 0.502 e. The lowest BCUT2D eigenvalue weighted by atomic mass is 10.2. The summed E-state index contributed by atoms with van der Waals surface area (Å²) in [6, 6.07) is 7.00. The highest BCUT2D eigenvalue weighted by Crippen LogP contribution is 2.29. The Hall–Kier alpha value is -2.30. The smallest absolute Gasteiger partial charge is 0.150 e. The van der Waals surface area contributed by atoms with Gasteiger partial charge in [0.2, 0.25) is 0 Å². The molecule has 2 aliphatic heterocycles. The Kier molecular flexibility index (Phi) is 8.69. The second kappa shape index (κ2) is 11.9. The lowest BCUT2D eigenvalue weighted by Crippen LogP contribution is -2.18. The first kappa shape index (κ1) is 24.8. The van der Waals surface area contributed by atoms with Crippen LogP contribution in [0.15, 0.2) is 57.9 Å². The number of nitrogens with zero attached hydrogens (tertiary/aromatic N) is 3. The number of allylic oxidation sites excluding steroid dienone is 1. The second-order valence-corrected chi connectivity index (χ2v) is 9.49. The van der Waals surface area contributed by atoms with Gasteiger partial charge in [0.1, 0.15) is 11.6 Å². The Morgan fingerprint density at radius 2 is 1.74 bits per heavy atom. The molecular weight excluding hydrogens is 574 g/mol. The average Bonchev–Trinajstić information content (AvgIpc) is 3.54. The molecule has 34 heavy (non-hydrogen) atoms. The molecule has 6 rings (SSSR count). The van der Waals surface area contributed by atoms with Gasteiger partial charge in [-0.05, 0) is 94.3 Å². The van der Waals surface area contributed by atoms with Gasteiger partial charge in [0.25, 0.3) is 0 Å². The van der Waals surface area contributed by atoms with E-state index < -0.39 is 0 Å². The van der Waals surface area contributed by atoms with Crippen LogP contribution in [0.4, 0.5) is 8.78 Å². The zero-order valence-electron chi connectivity index (χ0n) is 18.3. The number of benzene rings is 2. The fourth-order valence-electron chi connectivity index (χ4n) is 3.65. The highest BCUT2D eigenvalue weighted by atomic mass is 79.9. The van der Waals surface area contributed by atoms with E-state index in [1.807, 2.05) is 12.1 Å². The Labute approximate surface area is 212 Å². The molecule has 2 aromatic heterocycles. The van der Waals surface area contributed by atoms with Crippen molar-refractivity contribution in [3.63, 3.8) is 0 Å². The summed E-state index contributed by atoms with van der Waals surface area (Å²) in [5.74, 6) is -0.527. The molecule has 0 spiro atoms. The molecule has 6 nitrogen and oxygen atoms in total. The number of ether oxygens (including phenoxy) is 2. The minimum absolute atomic E-state index is 0.0539. The fourth-order valence-corrected chi connectivity index (χ4v) is 4.34. The van der Waals surface area contributed by atoms with Gasteiger partial charge in [0.05, 0.1) is 56.0 Å². The molecule has 180 valence electrons. The first-order valence-corrected chi connectivity index (χ1v) is 12.6. The second-order valence-electron chi connectivity index (χ2n) is 7.78. The maximum atomic E-state index is 13.8. The summed E-state index contributed by atoms with van der Waals surface area (Å²) in [7, 11) is 0. The molecule has 1 fully saturated rings. The molecule has 1 unspecified atom stereocenters. The van der Waals surface area contributed by atoms with Crippen LogP contribution in [0.5, 0.6) is 0 Å². The van der Waals surface area contributed by atoms with E-state index in [2.05, 4.69) is 47.2 Å². The van der Waals surface area contributed by atoms with Gasteiger partial charge in [-0.3, -0.25) is 5.10 Å². The van der Waals surface area contributed by atoms with Crippen LogP contribution in [0.2, 0.25) is 0 Å². The SMILES string of the molecule is C1=COCCC1.Fc1c(Br)ccc2[nH]ncc12.Fc1c(Br)ccc2c1cnn2C1CCCCO1. The van der Waals surface area contributed by atoms with Crippen molar-refractivity contribution in [3.8, 4) is 0 Å². The summed E-state index contributed by atoms with van der Waals surface area (Å²) in [6.07, 6.45) is 12.3. The molecule has 10 heteroatoms. The predicted molar refractivity (Wildman–Crippen MR) is 134 cm³/mol. The topological polar surface area (TPSA) is 65.0 Å². The number of hydrogen-bond acceptors (Lipinski definition) is 4. The van der Waals surface area contributed by atoms with Crippen LogP contribution in [0.25, 0.3) is 21.8 Å². The van der Waals surface area contributed by atoms with E-state index in [1.165, 1.54) is 19.0 Å². The molecule has 2 aliphatic rings. The summed E-state index contributed by atoms with van der Waals surface area (Å²) >= 11 is 6.26. The highest BCUT2D eigenvalue weighted by Gasteiger charge is 2.20. The first-order valence-electron chi connectivity index (χ1n) is 11.0. The van der Waals surface area contributed by atoms with E-state index in [1.54, 1.807) is 35.3 Å². The molecule has 1 saturated heterocycles. The fraction of sp³-hybridized carbons (Fsp3) is 0.333. The molecule has 4 heterocycles. The highest BCUT2D eigenvalue weighted by molar-refractivity contribution is 9.10. The van der Waals surface area contributed by atoms with Crippen LogP contribution in [0.1, 0.15) is 38.3 Å². The van der Waals surface area contributed by atoms with Gasteiger partial charge < -0.3 is 9.47 Å². The summed E-state index contributed by atoms with van der Waals surface area (Å²) < 4.78 is 40.2. The Morgan fingerprint density at radius 3 is 2.38 bits per heavy atom. The monoisotopic (exact) mass is 596 g/mol. The van der Waals surface area contributed by atoms with Gasteiger partial charge in [-0.1, -0.05) is 0 Å². The van der Waals surface area contributed by atoms with Crippen molar-refractivity contribution in [2.45, 2.75) is 38.3 Å². The molecular formula is C24H24Br2F2N4O2. The summed E-state index contributed by atoms with van der Waals surface area (Å²) in [4.78, 5) is 0. The van der Waals surface area contributed by atoms with Crippen LogP contribution >= 0.6 is 31.9 Å². The molecule has 1 atom stereocenters. The lowest BCUT2D eigenvalue weighted by molar-refractivity contribution is -0.0366. The Bertz CT molecular complexity index is 1260. The van der Waals surface area contributed by atoms with Crippen molar-refractivity contribution in [1.29, 1.82) is 0 Å². The standard InChI is InChI=1S/C12H12BrFN2O.C7H4BrFN2.C5H8O/c13-9-4-5-10-8(12(9)14)7-15-16(10)11-3-1-2-6-17-11;8-5-1-2-6-4(7(5)9)3-10-11-6;1-2-4-6-5-3-1/h4-5,7,11H,1-3,6H2;1-3H,(H,10,11);2,4H,1,3,5H2. The van der Waals surface area contributed by atoms with Crippen molar-refractivity contribution >= 4 is 53.7 Å². The van der Waals surface area contributed by atoms with Crippen LogP contribution < -0.4 is 0 Å². The van der Waals surface area contributed by atoms with Crippen LogP contribution in [0.3, 0.4) is 0 Å². The molecule has 0 aliphatic carbocycles. The van der Waals surface area contributed by atoms with Crippen molar-refractivity contribution in [3.05, 3.63) is 69.6 Å². The zero-order chi connectivity index (χ0) is 23.9. The lowest BCUT2D eigenvalue weighted by Gasteiger charge is -2.23. The molecule has 0 bridgehead atoms. The minimum Gasteiger partial charge on any atom is -0.502 e. The van der Waals surface area contributed by atoms with E-state index in [-0.39, 0.29) is 17.9 Å². The van der Waals surface area contributed by atoms with Gasteiger partial charge in [-0.15, -0.1) is 0 Å². The summed E-state index contributed by atoms with van der Waals surface area (Å²) in [5, 5.41) is 11.7. The average molecular weight is 598 g/mol. The third-order valence-corrected chi connectivity index (χ3v) is 6.66. The molecule has 0 radical (unpaired) electrons. The van der Waals surface area contributed by atoms with E-state index in [0.717, 1.165) is 38.0 Å². The van der Waals surface area contributed by atoms with Gasteiger partial charge >= 0.3 is 0 Å². The van der Waals surface area contributed by atoms with Gasteiger partial charge in [-0.25, -0.2) is 13.5 Å². The van der Waals surface area contributed by atoms with E-state index in [4.69, 9.17) is 9.47 Å². The number of halogens is 4. The third kappa shape index (κ3) is 5.84. The number of fused-ring (bicyclic) bond motifs is 2. The Morgan fingerprint density at radius 1 is 0.941 bits per heavy atom. The van der Waals surface area contributed by atoms with Crippen molar-refractivity contribution in [2.24, 2.45) is 0 Å². The number of aromatic amines is 1. The van der Waals surface area contributed by atoms with E-state index in [0.29, 0.717) is 25.2 Å². The van der Waals surface area contributed by atoms with Crippen LogP contribution in [0, 0.1) is 11.6 Å². The van der Waals surface area contributed by atoms with Crippen molar-refractivity contribution in [2.75, 3.05) is 13.2 Å². The normalized spacial score (nSPS) is 17.5. The van der Waals surface area contributed by atoms with Gasteiger partial charge in [0.15, 0.2) is 6.23 Å². The molecule has 1 N–H and O–H groups in total. The van der Waals surface area contributed by atoms with Crippen molar-refractivity contribution < 1.29 is 18.3 Å². The number of nitrogens with one attached hydrogen (secondary N) is 1. The van der Waals surface area contributed by atoms with Crippen LogP contribution in [-0.4, -0.2) is 33.2 Å². The van der Waals surface area contributed by atoms with E-state index in [9.17, 15) is 8.78 Å². The van der Waals surface area contributed by atoms with Crippen LogP contribution in [-0.2, 0) is 9.47 Å². The zero-order valence-corrected chi connectivity index (χ0v) is 21.5. The quantitative estimate of drug-likeness (QED) is 0.248. The molecule has 4 aromatic rings. The molecule has 0 saturated carbocycles. The third-order valence-electron chi connectivity index (χ3n) is 5.43. The number of rotatable bonds is 1. The maximum Gasteiger partial charge on any atom is 0.150 e. The summed E-state index contributed by atoms with van der Waals surface area (Å²) in [6.45, 7) is 1.67. The summed E-state index contributed by atoms with van der Waals surface area (Å²) in [5.41, 5.74) is 1.50. The molecule has 2 aromatic carbocycles. The maximum absolute atomic E-state index is 13.8. The van der Waals surface area contributed by atoms with Gasteiger partial charge in [-0.2, -0.15) is 10.2 Å².